The number of carbonyl (C=O) groups is 1. The van der Waals surface area contributed by atoms with Crippen molar-refractivity contribution >= 4 is 5.78 Å². The molecule has 1 saturated carbocycles. The first-order valence-electron chi connectivity index (χ1n) is 7.63. The normalized spacial score (nSPS) is 28.2. The first kappa shape index (κ1) is 13.6. The molecule has 3 nitrogen and oxygen atoms in total. The van der Waals surface area contributed by atoms with Gasteiger partial charge in [0.2, 0.25) is 0 Å². The average Bonchev–Trinajstić information content (AvgIpc) is 3.03. The fourth-order valence-corrected chi connectivity index (χ4v) is 3.48. The largest absolute Gasteiger partial charge is 0.493 e. The minimum Gasteiger partial charge on any atom is -0.493 e. The Morgan fingerprint density at radius 2 is 2.35 bits per heavy atom. The molecule has 1 fully saturated rings. The Morgan fingerprint density at radius 3 is 3.10 bits per heavy atom. The monoisotopic (exact) mass is 273 g/mol. The van der Waals surface area contributed by atoms with Gasteiger partial charge in [-0.05, 0) is 36.5 Å². The Hall–Kier alpha value is -1.35. The molecule has 0 aromatic heterocycles. The van der Waals surface area contributed by atoms with Crippen LogP contribution in [0.25, 0.3) is 0 Å². The molecule has 1 aliphatic carbocycles. The lowest BCUT2D eigenvalue weighted by molar-refractivity contribution is -0.128. The van der Waals surface area contributed by atoms with Crippen molar-refractivity contribution in [3.05, 3.63) is 29.3 Å². The van der Waals surface area contributed by atoms with Crippen LogP contribution < -0.4 is 10.5 Å². The topological polar surface area (TPSA) is 52.3 Å². The van der Waals surface area contributed by atoms with Crippen LogP contribution >= 0.6 is 0 Å². The standard InChI is InChI=1S/C17H23NO2/c1-17(9-2-3-15(17)18)16(19)7-5-12-4-6-14-13(11-12)8-10-20-14/h4,6,11,15H,2-3,5,7-10,18H2,1H3. The summed E-state index contributed by atoms with van der Waals surface area (Å²) < 4.78 is 5.51. The minimum absolute atomic E-state index is 0.0448. The number of ketones is 1. The van der Waals surface area contributed by atoms with Crippen molar-refractivity contribution < 1.29 is 9.53 Å². The van der Waals surface area contributed by atoms with Crippen molar-refractivity contribution in [2.24, 2.45) is 11.1 Å². The van der Waals surface area contributed by atoms with E-state index < -0.39 is 0 Å². The van der Waals surface area contributed by atoms with E-state index in [2.05, 4.69) is 12.1 Å². The second-order valence-corrected chi connectivity index (χ2v) is 6.38. The van der Waals surface area contributed by atoms with Crippen LogP contribution in [-0.2, 0) is 17.6 Å². The molecule has 0 spiro atoms. The van der Waals surface area contributed by atoms with E-state index in [9.17, 15) is 4.79 Å². The zero-order valence-electron chi connectivity index (χ0n) is 12.2. The molecule has 0 radical (unpaired) electrons. The SMILES string of the molecule is CC1(C(=O)CCc2ccc3c(c2)CCO3)CCCC1N. The molecule has 3 heteroatoms. The number of Topliss-reactive ketones (excluding diaryl/α,β-unsaturated/α-hetero) is 1. The van der Waals surface area contributed by atoms with E-state index in [4.69, 9.17) is 10.5 Å². The van der Waals surface area contributed by atoms with Gasteiger partial charge in [0.05, 0.1) is 6.61 Å². The van der Waals surface area contributed by atoms with Gasteiger partial charge in [0, 0.05) is 24.3 Å². The van der Waals surface area contributed by atoms with E-state index in [-0.39, 0.29) is 11.5 Å². The third kappa shape index (κ3) is 2.35. The number of rotatable bonds is 4. The van der Waals surface area contributed by atoms with E-state index in [1.54, 1.807) is 0 Å². The lowest BCUT2D eigenvalue weighted by Crippen LogP contribution is -2.41. The molecule has 1 aromatic rings. The molecule has 2 atom stereocenters. The van der Waals surface area contributed by atoms with E-state index >= 15 is 0 Å². The number of benzene rings is 1. The Labute approximate surface area is 120 Å². The van der Waals surface area contributed by atoms with Gasteiger partial charge in [0.25, 0.3) is 0 Å². The van der Waals surface area contributed by atoms with Crippen LogP contribution in [0.4, 0.5) is 0 Å². The molecular formula is C17H23NO2. The van der Waals surface area contributed by atoms with E-state index in [1.807, 2.05) is 13.0 Å². The van der Waals surface area contributed by atoms with Gasteiger partial charge in [-0.3, -0.25) is 4.79 Å². The van der Waals surface area contributed by atoms with Crippen LogP contribution in [-0.4, -0.2) is 18.4 Å². The summed E-state index contributed by atoms with van der Waals surface area (Å²) in [6, 6.07) is 6.34. The van der Waals surface area contributed by atoms with Gasteiger partial charge in [0.1, 0.15) is 11.5 Å². The number of aryl methyl sites for hydroxylation is 1. The Balaban J connectivity index is 1.63. The van der Waals surface area contributed by atoms with Gasteiger partial charge in [0.15, 0.2) is 0 Å². The molecule has 1 aromatic carbocycles. The zero-order chi connectivity index (χ0) is 14.2. The summed E-state index contributed by atoms with van der Waals surface area (Å²) in [6.07, 6.45) is 5.42. The number of nitrogens with two attached hydrogens (primary N) is 1. The highest BCUT2D eigenvalue weighted by Gasteiger charge is 2.41. The van der Waals surface area contributed by atoms with Gasteiger partial charge in [-0.1, -0.05) is 25.5 Å². The number of hydrogen-bond donors (Lipinski definition) is 1. The summed E-state index contributed by atoms with van der Waals surface area (Å²) in [4.78, 5) is 12.5. The number of hydrogen-bond acceptors (Lipinski definition) is 3. The summed E-state index contributed by atoms with van der Waals surface area (Å²) in [6.45, 7) is 2.83. The van der Waals surface area contributed by atoms with E-state index in [0.717, 1.165) is 44.5 Å². The highest BCUT2D eigenvalue weighted by Crippen LogP contribution is 2.38. The maximum atomic E-state index is 12.5. The Morgan fingerprint density at radius 1 is 1.50 bits per heavy atom. The molecule has 0 amide bonds. The van der Waals surface area contributed by atoms with Crippen molar-refractivity contribution in [2.45, 2.75) is 51.5 Å². The second kappa shape index (κ2) is 5.21. The maximum absolute atomic E-state index is 12.5. The van der Waals surface area contributed by atoms with Crippen LogP contribution in [0.3, 0.4) is 0 Å². The lowest BCUT2D eigenvalue weighted by Gasteiger charge is -2.27. The highest BCUT2D eigenvalue weighted by molar-refractivity contribution is 5.85. The quantitative estimate of drug-likeness (QED) is 0.917. The van der Waals surface area contributed by atoms with Crippen molar-refractivity contribution in [3.8, 4) is 5.75 Å². The summed E-state index contributed by atoms with van der Waals surface area (Å²) in [5, 5.41) is 0. The maximum Gasteiger partial charge on any atom is 0.140 e. The lowest BCUT2D eigenvalue weighted by atomic mass is 9.78. The molecule has 0 bridgehead atoms. The van der Waals surface area contributed by atoms with Crippen molar-refractivity contribution in [3.63, 3.8) is 0 Å². The summed E-state index contributed by atoms with van der Waals surface area (Å²) in [5.74, 6) is 1.34. The third-order valence-corrected chi connectivity index (χ3v) is 5.06. The smallest absolute Gasteiger partial charge is 0.140 e. The first-order valence-corrected chi connectivity index (χ1v) is 7.63. The fraction of sp³-hybridized carbons (Fsp3) is 0.588. The Bertz CT molecular complexity index is 526. The summed E-state index contributed by atoms with van der Waals surface area (Å²) >= 11 is 0. The number of fused-ring (bicyclic) bond motifs is 1. The Kier molecular flexibility index (Phi) is 3.55. The molecule has 1 aliphatic heterocycles. The van der Waals surface area contributed by atoms with Gasteiger partial charge < -0.3 is 10.5 Å². The van der Waals surface area contributed by atoms with Crippen molar-refractivity contribution in [1.82, 2.24) is 0 Å². The highest BCUT2D eigenvalue weighted by atomic mass is 16.5. The molecule has 2 N–H and O–H groups in total. The van der Waals surface area contributed by atoms with Gasteiger partial charge in [-0.15, -0.1) is 0 Å². The van der Waals surface area contributed by atoms with Crippen LogP contribution in [0.2, 0.25) is 0 Å². The molecule has 3 rings (SSSR count). The third-order valence-electron chi connectivity index (χ3n) is 5.06. The van der Waals surface area contributed by atoms with Gasteiger partial charge in [-0.25, -0.2) is 0 Å². The molecule has 0 saturated heterocycles. The predicted molar refractivity (Wildman–Crippen MR) is 78.9 cm³/mol. The van der Waals surface area contributed by atoms with Crippen molar-refractivity contribution in [1.29, 1.82) is 0 Å². The predicted octanol–water partition coefficient (Wildman–Crippen LogP) is 2.64. The van der Waals surface area contributed by atoms with Gasteiger partial charge >= 0.3 is 0 Å². The minimum atomic E-state index is -0.292. The van der Waals surface area contributed by atoms with Crippen LogP contribution in [0, 0.1) is 5.41 Å². The van der Waals surface area contributed by atoms with E-state index in [0.29, 0.717) is 12.2 Å². The summed E-state index contributed by atoms with van der Waals surface area (Å²) in [5.41, 5.74) is 8.34. The van der Waals surface area contributed by atoms with Crippen molar-refractivity contribution in [2.75, 3.05) is 6.61 Å². The van der Waals surface area contributed by atoms with Gasteiger partial charge in [-0.2, -0.15) is 0 Å². The number of carbonyl (C=O) groups excluding carboxylic acids is 1. The molecule has 2 aliphatic rings. The molecule has 108 valence electrons. The second-order valence-electron chi connectivity index (χ2n) is 6.38. The van der Waals surface area contributed by atoms with Crippen LogP contribution in [0.5, 0.6) is 5.75 Å². The number of ether oxygens (including phenoxy) is 1. The molecule has 20 heavy (non-hydrogen) atoms. The van der Waals surface area contributed by atoms with Crippen LogP contribution in [0.15, 0.2) is 18.2 Å². The molecule has 2 unspecified atom stereocenters. The summed E-state index contributed by atoms with van der Waals surface area (Å²) in [7, 11) is 0. The fourth-order valence-electron chi connectivity index (χ4n) is 3.48. The van der Waals surface area contributed by atoms with Crippen LogP contribution in [0.1, 0.15) is 43.7 Å². The molecule has 1 heterocycles. The zero-order valence-corrected chi connectivity index (χ0v) is 12.2. The van der Waals surface area contributed by atoms with E-state index in [1.165, 1.54) is 11.1 Å². The first-order chi connectivity index (χ1) is 9.59. The molecular weight excluding hydrogens is 250 g/mol. The average molecular weight is 273 g/mol.